The number of ketones is 2. The van der Waals surface area contributed by atoms with E-state index in [4.69, 9.17) is 0 Å². The van der Waals surface area contributed by atoms with Crippen molar-refractivity contribution in [2.24, 2.45) is 0 Å². The summed E-state index contributed by atoms with van der Waals surface area (Å²) in [5.41, 5.74) is -0.303. The summed E-state index contributed by atoms with van der Waals surface area (Å²) in [6.07, 6.45) is 0. The van der Waals surface area contributed by atoms with Gasteiger partial charge in [-0.25, -0.2) is 8.78 Å². The summed E-state index contributed by atoms with van der Waals surface area (Å²) in [5.74, 6) is -3.90. The molecule has 0 atom stereocenters. The first-order valence-electron chi connectivity index (χ1n) is 7.27. The van der Waals surface area contributed by atoms with E-state index >= 15 is 0 Å². The van der Waals surface area contributed by atoms with Gasteiger partial charge in [-0.2, -0.15) is 0 Å². The quantitative estimate of drug-likeness (QED) is 0.666. The van der Waals surface area contributed by atoms with Gasteiger partial charge >= 0.3 is 0 Å². The second-order valence-electron chi connectivity index (χ2n) is 5.18. The van der Waals surface area contributed by atoms with Crippen molar-refractivity contribution in [3.8, 4) is 0 Å². The zero-order chi connectivity index (χ0) is 17.1. The van der Waals surface area contributed by atoms with Gasteiger partial charge in [-0.3, -0.25) is 9.59 Å². The van der Waals surface area contributed by atoms with Crippen molar-refractivity contribution in [3.63, 3.8) is 0 Å². The van der Waals surface area contributed by atoms with Gasteiger partial charge in [0.15, 0.2) is 23.2 Å². The highest BCUT2D eigenvalue weighted by Crippen LogP contribution is 2.21. The zero-order valence-corrected chi connectivity index (χ0v) is 12.5. The van der Waals surface area contributed by atoms with Crippen LogP contribution in [0.3, 0.4) is 0 Å². The monoisotopic (exact) mass is 322 g/mol. The van der Waals surface area contributed by atoms with Crippen LogP contribution in [0.5, 0.6) is 0 Å². The van der Waals surface area contributed by atoms with Gasteiger partial charge in [0, 0.05) is 11.1 Å². The first-order valence-corrected chi connectivity index (χ1v) is 7.27. The Kier molecular flexibility index (Phi) is 4.29. The van der Waals surface area contributed by atoms with Crippen molar-refractivity contribution in [1.82, 2.24) is 0 Å². The standard InChI is InChI=1S/C20H12F2O2/c21-17-15(19(23)13-7-3-1-4-8-13)11-12-16(18(17)22)20(24)14-9-5-2-6-10-14/h1-12H. The fourth-order valence-corrected chi connectivity index (χ4v) is 2.39. The van der Waals surface area contributed by atoms with Crippen molar-refractivity contribution >= 4 is 11.6 Å². The summed E-state index contributed by atoms with van der Waals surface area (Å²) >= 11 is 0. The van der Waals surface area contributed by atoms with Crippen LogP contribution in [0, 0.1) is 11.6 Å². The average Bonchev–Trinajstić information content (AvgIpc) is 2.64. The van der Waals surface area contributed by atoms with Crippen LogP contribution in [0.15, 0.2) is 72.8 Å². The van der Waals surface area contributed by atoms with Crippen LogP contribution >= 0.6 is 0 Å². The molecule has 3 rings (SSSR count). The van der Waals surface area contributed by atoms with Gasteiger partial charge in [-0.1, -0.05) is 60.7 Å². The molecule has 0 unspecified atom stereocenters. The Bertz CT molecular complexity index is 827. The summed E-state index contributed by atoms with van der Waals surface area (Å²) in [4.78, 5) is 24.6. The minimum atomic E-state index is -1.31. The highest BCUT2D eigenvalue weighted by Gasteiger charge is 2.23. The molecule has 3 aromatic rings. The maximum Gasteiger partial charge on any atom is 0.196 e. The second-order valence-corrected chi connectivity index (χ2v) is 5.18. The van der Waals surface area contributed by atoms with Gasteiger partial charge in [0.05, 0.1) is 11.1 Å². The number of hydrogen-bond donors (Lipinski definition) is 0. The molecule has 24 heavy (non-hydrogen) atoms. The fourth-order valence-electron chi connectivity index (χ4n) is 2.39. The lowest BCUT2D eigenvalue weighted by Gasteiger charge is -2.08. The maximum absolute atomic E-state index is 14.3. The lowest BCUT2D eigenvalue weighted by Crippen LogP contribution is -2.11. The SMILES string of the molecule is O=C(c1ccccc1)c1ccc(C(=O)c2ccccc2)c(F)c1F. The molecule has 2 nitrogen and oxygen atoms in total. The Morgan fingerprint density at radius 2 is 0.875 bits per heavy atom. The van der Waals surface area contributed by atoms with E-state index < -0.39 is 34.3 Å². The van der Waals surface area contributed by atoms with E-state index in [0.29, 0.717) is 0 Å². The Morgan fingerprint density at radius 1 is 0.542 bits per heavy atom. The molecule has 4 heteroatoms. The molecule has 0 N–H and O–H groups in total. The van der Waals surface area contributed by atoms with Gasteiger partial charge in [0.2, 0.25) is 0 Å². The van der Waals surface area contributed by atoms with Crippen LogP contribution in [0.1, 0.15) is 31.8 Å². The zero-order valence-electron chi connectivity index (χ0n) is 12.5. The van der Waals surface area contributed by atoms with Crippen LogP contribution in [-0.4, -0.2) is 11.6 Å². The fraction of sp³-hybridized carbons (Fsp3) is 0. The molecule has 0 aliphatic heterocycles. The van der Waals surface area contributed by atoms with Crippen LogP contribution in [0.2, 0.25) is 0 Å². The number of hydrogen-bond acceptors (Lipinski definition) is 2. The molecule has 0 radical (unpaired) electrons. The van der Waals surface area contributed by atoms with Crippen LogP contribution in [-0.2, 0) is 0 Å². The summed E-state index contributed by atoms with van der Waals surface area (Å²) in [7, 11) is 0. The van der Waals surface area contributed by atoms with Crippen LogP contribution < -0.4 is 0 Å². The molecule has 0 spiro atoms. The van der Waals surface area contributed by atoms with E-state index in [9.17, 15) is 18.4 Å². The maximum atomic E-state index is 14.3. The molecule has 0 saturated heterocycles. The highest BCUT2D eigenvalue weighted by molar-refractivity contribution is 6.12. The second kappa shape index (κ2) is 6.54. The van der Waals surface area contributed by atoms with Crippen molar-refractivity contribution in [1.29, 1.82) is 0 Å². The van der Waals surface area contributed by atoms with E-state index in [-0.39, 0.29) is 11.1 Å². The predicted molar refractivity (Wildman–Crippen MR) is 86.1 cm³/mol. The van der Waals surface area contributed by atoms with Crippen molar-refractivity contribution in [3.05, 3.63) is 107 Å². The molecule has 0 aliphatic carbocycles. The number of rotatable bonds is 4. The lowest BCUT2D eigenvalue weighted by atomic mass is 9.97. The summed E-state index contributed by atoms with van der Waals surface area (Å²) < 4.78 is 28.7. The predicted octanol–water partition coefficient (Wildman–Crippen LogP) is 4.43. The molecule has 118 valence electrons. The lowest BCUT2D eigenvalue weighted by molar-refractivity contribution is 0.101. The minimum absolute atomic E-state index is 0.248. The highest BCUT2D eigenvalue weighted by atomic mass is 19.2. The average molecular weight is 322 g/mol. The molecule has 0 bridgehead atoms. The van der Waals surface area contributed by atoms with Crippen molar-refractivity contribution in [2.75, 3.05) is 0 Å². The first-order chi connectivity index (χ1) is 11.6. The number of benzene rings is 3. The van der Waals surface area contributed by atoms with Gasteiger partial charge in [0.1, 0.15) is 0 Å². The molecular weight excluding hydrogens is 310 g/mol. The molecule has 0 aromatic heterocycles. The van der Waals surface area contributed by atoms with Gasteiger partial charge < -0.3 is 0 Å². The largest absolute Gasteiger partial charge is 0.288 e. The summed E-state index contributed by atoms with van der Waals surface area (Å²) in [6.45, 7) is 0. The van der Waals surface area contributed by atoms with Gasteiger partial charge in [0.25, 0.3) is 0 Å². The summed E-state index contributed by atoms with van der Waals surface area (Å²) in [6, 6.07) is 18.3. The smallest absolute Gasteiger partial charge is 0.196 e. The number of carbonyl (C=O) groups excluding carboxylic acids is 2. The van der Waals surface area contributed by atoms with E-state index in [1.807, 2.05) is 0 Å². The Labute approximate surface area is 137 Å². The van der Waals surface area contributed by atoms with E-state index in [2.05, 4.69) is 0 Å². The van der Waals surface area contributed by atoms with Crippen LogP contribution in [0.4, 0.5) is 8.78 Å². The Balaban J connectivity index is 2.01. The molecule has 0 aliphatic rings. The van der Waals surface area contributed by atoms with Gasteiger partial charge in [-0.05, 0) is 12.1 Å². The molecule has 3 aromatic carbocycles. The Hall–Kier alpha value is -3.14. The third-order valence-electron chi connectivity index (χ3n) is 3.64. The summed E-state index contributed by atoms with van der Waals surface area (Å²) in [5, 5.41) is 0. The van der Waals surface area contributed by atoms with Gasteiger partial charge in [-0.15, -0.1) is 0 Å². The molecule has 0 heterocycles. The molecule has 0 saturated carbocycles. The van der Waals surface area contributed by atoms with Crippen molar-refractivity contribution in [2.45, 2.75) is 0 Å². The normalized spacial score (nSPS) is 10.4. The van der Waals surface area contributed by atoms with E-state index in [1.54, 1.807) is 36.4 Å². The topological polar surface area (TPSA) is 34.1 Å². The third-order valence-corrected chi connectivity index (χ3v) is 3.64. The minimum Gasteiger partial charge on any atom is -0.288 e. The Morgan fingerprint density at radius 3 is 1.21 bits per heavy atom. The molecule has 0 fully saturated rings. The molecule has 0 amide bonds. The van der Waals surface area contributed by atoms with Crippen molar-refractivity contribution < 1.29 is 18.4 Å². The number of halogens is 2. The molecular formula is C20H12F2O2. The number of carbonyl (C=O) groups is 2. The van der Waals surface area contributed by atoms with E-state index in [0.717, 1.165) is 12.1 Å². The van der Waals surface area contributed by atoms with Crippen LogP contribution in [0.25, 0.3) is 0 Å². The third kappa shape index (κ3) is 2.86. The first kappa shape index (κ1) is 15.7. The van der Waals surface area contributed by atoms with E-state index in [1.165, 1.54) is 24.3 Å².